The van der Waals surface area contributed by atoms with Gasteiger partial charge in [0.2, 0.25) is 0 Å². The molecule has 1 atom stereocenters. The van der Waals surface area contributed by atoms with Crippen molar-refractivity contribution in [3.8, 4) is 0 Å². The third-order valence-electron chi connectivity index (χ3n) is 3.88. The maximum Gasteiger partial charge on any atom is 0.0475 e. The molecule has 0 saturated carbocycles. The summed E-state index contributed by atoms with van der Waals surface area (Å²) in [5.41, 5.74) is 11.6. The van der Waals surface area contributed by atoms with Crippen LogP contribution in [0.5, 0.6) is 0 Å². The van der Waals surface area contributed by atoms with Gasteiger partial charge in [0, 0.05) is 12.6 Å². The van der Waals surface area contributed by atoms with Gasteiger partial charge in [-0.2, -0.15) is 0 Å². The molecule has 0 aromatic heterocycles. The van der Waals surface area contributed by atoms with Gasteiger partial charge in [-0.3, -0.25) is 4.90 Å². The van der Waals surface area contributed by atoms with Crippen LogP contribution in [0, 0.1) is 20.8 Å². The van der Waals surface area contributed by atoms with Gasteiger partial charge < -0.3 is 5.73 Å². The van der Waals surface area contributed by atoms with Crippen molar-refractivity contribution in [2.45, 2.75) is 39.7 Å². The van der Waals surface area contributed by atoms with Gasteiger partial charge in [-0.1, -0.05) is 17.7 Å². The minimum atomic E-state index is 0.415. The van der Waals surface area contributed by atoms with Gasteiger partial charge in [0.25, 0.3) is 0 Å². The zero-order chi connectivity index (χ0) is 12.4. The second kappa shape index (κ2) is 5.19. The number of hydrogen-bond acceptors (Lipinski definition) is 2. The molecule has 0 radical (unpaired) electrons. The lowest BCUT2D eigenvalue weighted by atomic mass is 9.93. The Bertz CT molecular complexity index is 369. The first-order valence-corrected chi connectivity index (χ1v) is 6.65. The molecular weight excluding hydrogens is 208 g/mol. The van der Waals surface area contributed by atoms with E-state index in [0.717, 1.165) is 6.54 Å². The first-order valence-electron chi connectivity index (χ1n) is 6.65. The van der Waals surface area contributed by atoms with Crippen molar-refractivity contribution in [2.75, 3.05) is 19.6 Å². The zero-order valence-electron chi connectivity index (χ0n) is 11.3. The van der Waals surface area contributed by atoms with Gasteiger partial charge >= 0.3 is 0 Å². The van der Waals surface area contributed by atoms with Crippen LogP contribution in [-0.2, 0) is 0 Å². The van der Waals surface area contributed by atoms with Crippen LogP contribution in [0.3, 0.4) is 0 Å². The number of rotatable bonds is 3. The van der Waals surface area contributed by atoms with Gasteiger partial charge in [0.05, 0.1) is 0 Å². The van der Waals surface area contributed by atoms with E-state index in [1.807, 2.05) is 0 Å². The molecule has 1 aliphatic heterocycles. The summed E-state index contributed by atoms with van der Waals surface area (Å²) in [6, 6.07) is 4.97. The quantitative estimate of drug-likeness (QED) is 0.868. The van der Waals surface area contributed by atoms with Crippen LogP contribution in [0.4, 0.5) is 0 Å². The van der Waals surface area contributed by atoms with E-state index in [1.54, 1.807) is 0 Å². The zero-order valence-corrected chi connectivity index (χ0v) is 11.3. The Morgan fingerprint density at radius 3 is 2.12 bits per heavy atom. The fraction of sp³-hybridized carbons (Fsp3) is 0.600. The Morgan fingerprint density at radius 1 is 1.12 bits per heavy atom. The molecule has 0 amide bonds. The van der Waals surface area contributed by atoms with Crippen molar-refractivity contribution >= 4 is 0 Å². The molecule has 0 spiro atoms. The van der Waals surface area contributed by atoms with Gasteiger partial charge in [-0.05, 0) is 63.4 Å². The summed E-state index contributed by atoms with van der Waals surface area (Å²) in [4.78, 5) is 2.55. The Balaban J connectivity index is 2.36. The Kier molecular flexibility index (Phi) is 3.85. The molecule has 1 aliphatic rings. The average molecular weight is 232 g/mol. The Morgan fingerprint density at radius 2 is 1.65 bits per heavy atom. The highest BCUT2D eigenvalue weighted by atomic mass is 15.2. The largest absolute Gasteiger partial charge is 0.329 e. The third kappa shape index (κ3) is 2.53. The highest BCUT2D eigenvalue weighted by Gasteiger charge is 2.24. The van der Waals surface area contributed by atoms with Crippen LogP contribution in [0.25, 0.3) is 0 Å². The monoisotopic (exact) mass is 232 g/mol. The number of nitrogens with zero attached hydrogens (tertiary/aromatic N) is 1. The summed E-state index contributed by atoms with van der Waals surface area (Å²) in [6.07, 6.45) is 2.64. The summed E-state index contributed by atoms with van der Waals surface area (Å²) in [5.74, 6) is 0. The van der Waals surface area contributed by atoms with Crippen molar-refractivity contribution < 1.29 is 0 Å². The predicted molar refractivity (Wildman–Crippen MR) is 73.3 cm³/mol. The van der Waals surface area contributed by atoms with E-state index in [9.17, 15) is 0 Å². The van der Waals surface area contributed by atoms with Crippen LogP contribution in [0.15, 0.2) is 12.1 Å². The lowest BCUT2D eigenvalue weighted by Gasteiger charge is -2.29. The normalized spacial score (nSPS) is 18.6. The summed E-state index contributed by atoms with van der Waals surface area (Å²) < 4.78 is 0. The molecule has 94 valence electrons. The number of benzene rings is 1. The molecule has 0 bridgehead atoms. The molecule has 2 N–H and O–H groups in total. The van der Waals surface area contributed by atoms with E-state index in [-0.39, 0.29) is 0 Å². The molecule has 1 heterocycles. The lowest BCUT2D eigenvalue weighted by molar-refractivity contribution is 0.250. The molecule has 1 unspecified atom stereocenters. The fourth-order valence-electron chi connectivity index (χ4n) is 3.22. The molecule has 1 aromatic carbocycles. The summed E-state index contributed by atoms with van der Waals surface area (Å²) in [7, 11) is 0. The second-order valence-electron chi connectivity index (χ2n) is 5.31. The van der Waals surface area contributed by atoms with Crippen molar-refractivity contribution in [3.63, 3.8) is 0 Å². The van der Waals surface area contributed by atoms with Crippen LogP contribution in [0.1, 0.15) is 41.1 Å². The number of likely N-dealkylation sites (tertiary alicyclic amines) is 1. The molecule has 2 rings (SSSR count). The molecule has 1 aromatic rings. The summed E-state index contributed by atoms with van der Waals surface area (Å²) >= 11 is 0. The van der Waals surface area contributed by atoms with E-state index >= 15 is 0 Å². The second-order valence-corrected chi connectivity index (χ2v) is 5.31. The topological polar surface area (TPSA) is 29.3 Å². The Labute approximate surface area is 105 Å². The van der Waals surface area contributed by atoms with E-state index in [1.165, 1.54) is 48.2 Å². The van der Waals surface area contributed by atoms with E-state index in [4.69, 9.17) is 5.73 Å². The summed E-state index contributed by atoms with van der Waals surface area (Å²) in [6.45, 7) is 9.73. The first kappa shape index (κ1) is 12.6. The minimum Gasteiger partial charge on any atom is -0.329 e. The van der Waals surface area contributed by atoms with Crippen molar-refractivity contribution in [1.82, 2.24) is 4.90 Å². The molecule has 1 fully saturated rings. The van der Waals surface area contributed by atoms with Crippen LogP contribution in [-0.4, -0.2) is 24.5 Å². The predicted octanol–water partition coefficient (Wildman–Crippen LogP) is 2.71. The smallest absolute Gasteiger partial charge is 0.0475 e. The maximum atomic E-state index is 6.02. The molecule has 2 heteroatoms. The van der Waals surface area contributed by atoms with Crippen LogP contribution in [0.2, 0.25) is 0 Å². The van der Waals surface area contributed by atoms with Gasteiger partial charge in [-0.25, -0.2) is 0 Å². The standard InChI is InChI=1S/C15H24N2/c1-11-8-12(2)15(13(3)9-11)14(10-16)17-6-4-5-7-17/h8-9,14H,4-7,10,16H2,1-3H3. The van der Waals surface area contributed by atoms with Crippen LogP contribution >= 0.6 is 0 Å². The van der Waals surface area contributed by atoms with E-state index < -0.39 is 0 Å². The number of aryl methyl sites for hydroxylation is 3. The van der Waals surface area contributed by atoms with Gasteiger partial charge in [-0.15, -0.1) is 0 Å². The first-order chi connectivity index (χ1) is 8.13. The van der Waals surface area contributed by atoms with E-state index in [2.05, 4.69) is 37.8 Å². The van der Waals surface area contributed by atoms with Crippen molar-refractivity contribution in [2.24, 2.45) is 5.73 Å². The molecule has 1 saturated heterocycles. The van der Waals surface area contributed by atoms with Crippen molar-refractivity contribution in [1.29, 1.82) is 0 Å². The lowest BCUT2D eigenvalue weighted by Crippen LogP contribution is -2.32. The molecule has 17 heavy (non-hydrogen) atoms. The van der Waals surface area contributed by atoms with Crippen LogP contribution < -0.4 is 5.73 Å². The van der Waals surface area contributed by atoms with E-state index in [0.29, 0.717) is 6.04 Å². The highest BCUT2D eigenvalue weighted by molar-refractivity contribution is 5.40. The third-order valence-corrected chi connectivity index (χ3v) is 3.88. The average Bonchev–Trinajstić information content (AvgIpc) is 2.76. The number of nitrogens with two attached hydrogens (primary N) is 1. The van der Waals surface area contributed by atoms with Gasteiger partial charge in [0.15, 0.2) is 0 Å². The minimum absolute atomic E-state index is 0.415. The molecule has 0 aliphatic carbocycles. The number of hydrogen-bond donors (Lipinski definition) is 1. The fourth-order valence-corrected chi connectivity index (χ4v) is 3.22. The SMILES string of the molecule is Cc1cc(C)c(C(CN)N2CCCC2)c(C)c1. The summed E-state index contributed by atoms with van der Waals surface area (Å²) in [5, 5.41) is 0. The molecule has 2 nitrogen and oxygen atoms in total. The molecular formula is C15H24N2. The highest BCUT2D eigenvalue weighted by Crippen LogP contribution is 2.29. The Hall–Kier alpha value is -0.860. The van der Waals surface area contributed by atoms with Crippen molar-refractivity contribution in [3.05, 3.63) is 34.4 Å². The maximum absolute atomic E-state index is 6.02. The van der Waals surface area contributed by atoms with Gasteiger partial charge in [0.1, 0.15) is 0 Å².